The molecule has 4 nitrogen and oxygen atoms in total. The highest BCUT2D eigenvalue weighted by molar-refractivity contribution is 7.80. The van der Waals surface area contributed by atoms with Gasteiger partial charge in [-0.05, 0) is 25.8 Å². The van der Waals surface area contributed by atoms with Gasteiger partial charge in [0.05, 0.1) is 0 Å². The molecule has 1 aromatic heterocycles. The van der Waals surface area contributed by atoms with Crippen molar-refractivity contribution in [2.45, 2.75) is 38.6 Å². The number of nitrogens with two attached hydrogens (primary N) is 1. The van der Waals surface area contributed by atoms with Gasteiger partial charge in [-0.15, -0.1) is 0 Å². The van der Waals surface area contributed by atoms with Crippen LogP contribution in [0.1, 0.15) is 38.3 Å². The predicted molar refractivity (Wildman–Crippen MR) is 73.2 cm³/mol. The summed E-state index contributed by atoms with van der Waals surface area (Å²) in [7, 11) is 0. The molecule has 2 rings (SSSR count). The van der Waals surface area contributed by atoms with E-state index in [0.29, 0.717) is 16.7 Å². The van der Waals surface area contributed by atoms with Crippen LogP contribution in [0.3, 0.4) is 0 Å². The van der Waals surface area contributed by atoms with Crippen LogP contribution in [-0.4, -0.2) is 27.5 Å². The third kappa shape index (κ3) is 2.91. The molecule has 1 fully saturated rings. The average molecular weight is 250 g/mol. The summed E-state index contributed by atoms with van der Waals surface area (Å²) in [6, 6.07) is 2.24. The summed E-state index contributed by atoms with van der Waals surface area (Å²) in [5, 5.41) is 0. The molecule has 92 valence electrons. The topological polar surface area (TPSA) is 55.0 Å². The van der Waals surface area contributed by atoms with Gasteiger partial charge >= 0.3 is 0 Å². The Hall–Kier alpha value is -1.23. The lowest BCUT2D eigenvalue weighted by Crippen LogP contribution is -2.34. The lowest BCUT2D eigenvalue weighted by atomic mass is 10.1. The van der Waals surface area contributed by atoms with E-state index in [9.17, 15) is 0 Å². The lowest BCUT2D eigenvalue weighted by molar-refractivity contribution is 0.605. The maximum Gasteiger partial charge on any atom is 0.226 e. The Labute approximate surface area is 107 Å². The quantitative estimate of drug-likeness (QED) is 0.812. The van der Waals surface area contributed by atoms with Gasteiger partial charge in [-0.3, -0.25) is 0 Å². The van der Waals surface area contributed by atoms with Crippen molar-refractivity contribution in [1.82, 2.24) is 9.97 Å². The second-order valence-electron chi connectivity index (χ2n) is 4.50. The molecular weight excluding hydrogens is 232 g/mol. The Morgan fingerprint density at radius 3 is 3.06 bits per heavy atom. The van der Waals surface area contributed by atoms with E-state index in [1.165, 1.54) is 25.7 Å². The highest BCUT2D eigenvalue weighted by Crippen LogP contribution is 2.20. The summed E-state index contributed by atoms with van der Waals surface area (Å²) in [5.41, 5.74) is 6.25. The lowest BCUT2D eigenvalue weighted by Gasteiger charge is -2.27. The fourth-order valence-corrected chi connectivity index (χ4v) is 2.31. The second-order valence-corrected chi connectivity index (χ2v) is 4.94. The van der Waals surface area contributed by atoms with E-state index in [1.54, 1.807) is 12.3 Å². The molecule has 1 unspecified atom stereocenters. The molecule has 0 aliphatic carbocycles. The largest absolute Gasteiger partial charge is 0.388 e. The van der Waals surface area contributed by atoms with Crippen LogP contribution in [-0.2, 0) is 0 Å². The van der Waals surface area contributed by atoms with E-state index in [0.717, 1.165) is 12.5 Å². The van der Waals surface area contributed by atoms with Gasteiger partial charge in [-0.2, -0.15) is 0 Å². The normalized spacial score (nSPS) is 21.0. The first-order valence-electron chi connectivity index (χ1n) is 6.08. The highest BCUT2D eigenvalue weighted by Gasteiger charge is 2.19. The summed E-state index contributed by atoms with van der Waals surface area (Å²) >= 11 is 4.95. The minimum atomic E-state index is 0.330. The molecule has 0 radical (unpaired) electrons. The van der Waals surface area contributed by atoms with Crippen LogP contribution in [0, 0.1) is 0 Å². The summed E-state index contributed by atoms with van der Waals surface area (Å²) in [4.78, 5) is 11.4. The Morgan fingerprint density at radius 1 is 1.47 bits per heavy atom. The van der Waals surface area contributed by atoms with Crippen molar-refractivity contribution in [2.75, 3.05) is 11.4 Å². The van der Waals surface area contributed by atoms with Gasteiger partial charge in [0, 0.05) is 18.8 Å². The molecule has 0 saturated carbocycles. The Kier molecular flexibility index (Phi) is 3.89. The maximum atomic E-state index is 5.60. The molecule has 5 heteroatoms. The molecule has 2 heterocycles. The van der Waals surface area contributed by atoms with Gasteiger partial charge in [0.2, 0.25) is 5.95 Å². The SMILES string of the molecule is CC1CCCCCN1c1nccc(C(N)=S)n1. The number of hydrogen-bond donors (Lipinski definition) is 1. The van der Waals surface area contributed by atoms with Gasteiger partial charge in [0.15, 0.2) is 0 Å². The van der Waals surface area contributed by atoms with Crippen molar-refractivity contribution in [1.29, 1.82) is 0 Å². The molecule has 2 N–H and O–H groups in total. The van der Waals surface area contributed by atoms with Crippen LogP contribution < -0.4 is 10.6 Å². The number of rotatable bonds is 2. The van der Waals surface area contributed by atoms with Crippen LogP contribution in [0.15, 0.2) is 12.3 Å². The first-order valence-corrected chi connectivity index (χ1v) is 6.49. The highest BCUT2D eigenvalue weighted by atomic mass is 32.1. The molecule has 1 saturated heterocycles. The van der Waals surface area contributed by atoms with Gasteiger partial charge in [0.25, 0.3) is 0 Å². The molecule has 0 amide bonds. The number of thiocarbonyl (C=S) groups is 1. The van der Waals surface area contributed by atoms with Crippen molar-refractivity contribution >= 4 is 23.2 Å². The van der Waals surface area contributed by atoms with Gasteiger partial charge in [0.1, 0.15) is 10.7 Å². The molecular formula is C12H18N4S. The van der Waals surface area contributed by atoms with E-state index in [-0.39, 0.29) is 0 Å². The summed E-state index contributed by atoms with van der Waals surface area (Å²) in [6.45, 7) is 3.24. The molecule has 1 aliphatic heterocycles. The van der Waals surface area contributed by atoms with Crippen molar-refractivity contribution < 1.29 is 0 Å². The summed E-state index contributed by atoms with van der Waals surface area (Å²) in [6.07, 6.45) is 6.70. The van der Waals surface area contributed by atoms with E-state index >= 15 is 0 Å². The Bertz CT molecular complexity index is 407. The molecule has 0 spiro atoms. The van der Waals surface area contributed by atoms with Crippen molar-refractivity contribution in [3.63, 3.8) is 0 Å². The molecule has 0 aromatic carbocycles. The second kappa shape index (κ2) is 5.40. The van der Waals surface area contributed by atoms with Gasteiger partial charge in [-0.25, -0.2) is 9.97 Å². The minimum Gasteiger partial charge on any atom is -0.388 e. The van der Waals surface area contributed by atoms with Gasteiger partial charge < -0.3 is 10.6 Å². The third-order valence-corrected chi connectivity index (χ3v) is 3.41. The van der Waals surface area contributed by atoms with E-state index in [1.807, 2.05) is 0 Å². The van der Waals surface area contributed by atoms with E-state index in [2.05, 4.69) is 21.8 Å². The Morgan fingerprint density at radius 2 is 2.29 bits per heavy atom. The first-order chi connectivity index (χ1) is 8.18. The van der Waals surface area contributed by atoms with Crippen LogP contribution >= 0.6 is 12.2 Å². The van der Waals surface area contributed by atoms with Gasteiger partial charge in [-0.1, -0.05) is 25.1 Å². The number of anilines is 1. The molecule has 0 bridgehead atoms. The van der Waals surface area contributed by atoms with Crippen LogP contribution in [0.25, 0.3) is 0 Å². The van der Waals surface area contributed by atoms with E-state index < -0.39 is 0 Å². The maximum absolute atomic E-state index is 5.60. The Balaban J connectivity index is 2.25. The smallest absolute Gasteiger partial charge is 0.226 e. The minimum absolute atomic E-state index is 0.330. The molecule has 17 heavy (non-hydrogen) atoms. The van der Waals surface area contributed by atoms with Crippen molar-refractivity contribution in [3.05, 3.63) is 18.0 Å². The van der Waals surface area contributed by atoms with Crippen LogP contribution in [0.2, 0.25) is 0 Å². The monoisotopic (exact) mass is 250 g/mol. The van der Waals surface area contributed by atoms with Crippen LogP contribution in [0.5, 0.6) is 0 Å². The number of nitrogens with zero attached hydrogens (tertiary/aromatic N) is 3. The summed E-state index contributed by atoms with van der Waals surface area (Å²) < 4.78 is 0. The third-order valence-electron chi connectivity index (χ3n) is 3.21. The zero-order chi connectivity index (χ0) is 12.3. The first kappa shape index (κ1) is 12.2. The summed E-state index contributed by atoms with van der Waals surface area (Å²) in [5.74, 6) is 0.754. The number of aromatic nitrogens is 2. The number of hydrogen-bond acceptors (Lipinski definition) is 4. The fraction of sp³-hybridized carbons (Fsp3) is 0.583. The zero-order valence-electron chi connectivity index (χ0n) is 10.1. The molecule has 1 aliphatic rings. The average Bonchev–Trinajstić information content (AvgIpc) is 2.54. The van der Waals surface area contributed by atoms with Crippen LogP contribution in [0.4, 0.5) is 5.95 Å². The predicted octanol–water partition coefficient (Wildman–Crippen LogP) is 1.88. The molecule has 1 aromatic rings. The fourth-order valence-electron chi connectivity index (χ4n) is 2.20. The standard InChI is InChI=1S/C12H18N4S/c1-9-5-3-2-4-8-16(9)12-14-7-6-10(15-12)11(13)17/h6-7,9H,2-5,8H2,1H3,(H2,13,17). The molecule has 1 atom stereocenters. The van der Waals surface area contributed by atoms with E-state index in [4.69, 9.17) is 18.0 Å². The zero-order valence-corrected chi connectivity index (χ0v) is 10.9. The van der Waals surface area contributed by atoms with Crippen molar-refractivity contribution in [2.24, 2.45) is 5.73 Å². The van der Waals surface area contributed by atoms with Crippen molar-refractivity contribution in [3.8, 4) is 0 Å².